The molecule has 140 valence electrons. The molecular formula is C15H13F4N3O3S. The molecule has 1 aliphatic rings. The molecule has 0 bridgehead atoms. The van der Waals surface area contributed by atoms with Crippen LogP contribution < -0.4 is 5.32 Å². The van der Waals surface area contributed by atoms with Crippen LogP contribution in [0.5, 0.6) is 0 Å². The van der Waals surface area contributed by atoms with E-state index in [1.807, 2.05) is 0 Å². The maximum atomic E-state index is 13.5. The number of halogens is 4. The van der Waals surface area contributed by atoms with Crippen LogP contribution in [0.1, 0.15) is 5.56 Å². The van der Waals surface area contributed by atoms with Crippen LogP contribution in [0.3, 0.4) is 0 Å². The van der Waals surface area contributed by atoms with Crippen LogP contribution >= 0.6 is 11.3 Å². The standard InChI is InChI=1S/C15H13F4N3O3S/c1-6-2-11-10(3-9(6)16)20-13(26-11)21-14(25)22-4-7(12(23)24)8(5-22)15(17,18)19/h2-3,7-8H,4-5H2,1H3,(H,23,24)(H,20,21,25)/t7-,8-/m1/s1. The lowest BCUT2D eigenvalue weighted by Gasteiger charge is -2.18. The van der Waals surface area contributed by atoms with Gasteiger partial charge in [0.15, 0.2) is 5.13 Å². The Bertz CT molecular complexity index is 844. The van der Waals surface area contributed by atoms with E-state index >= 15 is 0 Å². The summed E-state index contributed by atoms with van der Waals surface area (Å²) >= 11 is 1.05. The number of anilines is 1. The molecule has 0 saturated carbocycles. The summed E-state index contributed by atoms with van der Waals surface area (Å²) in [6.45, 7) is 0.273. The Morgan fingerprint density at radius 2 is 2.04 bits per heavy atom. The average molecular weight is 391 g/mol. The van der Waals surface area contributed by atoms with Gasteiger partial charge in [0, 0.05) is 19.2 Å². The molecule has 1 fully saturated rings. The van der Waals surface area contributed by atoms with Gasteiger partial charge in [-0.2, -0.15) is 13.2 Å². The number of nitrogens with zero attached hydrogens (tertiary/aromatic N) is 2. The number of amides is 2. The molecule has 1 saturated heterocycles. The molecule has 11 heteroatoms. The molecule has 2 aromatic rings. The number of carbonyl (C=O) groups excluding carboxylic acids is 1. The molecule has 2 atom stereocenters. The zero-order chi connectivity index (χ0) is 19.2. The highest BCUT2D eigenvalue weighted by Gasteiger charge is 2.53. The van der Waals surface area contributed by atoms with Crippen molar-refractivity contribution in [2.75, 3.05) is 18.4 Å². The summed E-state index contributed by atoms with van der Waals surface area (Å²) in [7, 11) is 0. The van der Waals surface area contributed by atoms with E-state index in [9.17, 15) is 27.2 Å². The molecule has 3 rings (SSSR count). The minimum Gasteiger partial charge on any atom is -0.481 e. The van der Waals surface area contributed by atoms with Crippen LogP contribution in [0.25, 0.3) is 10.2 Å². The zero-order valence-electron chi connectivity index (χ0n) is 13.3. The van der Waals surface area contributed by atoms with Gasteiger partial charge in [-0.05, 0) is 18.6 Å². The summed E-state index contributed by atoms with van der Waals surface area (Å²) in [4.78, 5) is 28.1. The fourth-order valence-electron chi connectivity index (χ4n) is 2.83. The van der Waals surface area contributed by atoms with Gasteiger partial charge in [-0.15, -0.1) is 0 Å². The van der Waals surface area contributed by atoms with Crippen LogP contribution in [0.4, 0.5) is 27.5 Å². The first-order valence-corrected chi connectivity index (χ1v) is 8.30. The van der Waals surface area contributed by atoms with Gasteiger partial charge >= 0.3 is 18.2 Å². The molecule has 0 aliphatic carbocycles. The van der Waals surface area contributed by atoms with Gasteiger partial charge in [0.2, 0.25) is 0 Å². The number of benzene rings is 1. The summed E-state index contributed by atoms with van der Waals surface area (Å²) in [5.41, 5.74) is 0.710. The number of aryl methyl sites for hydroxylation is 1. The first-order valence-electron chi connectivity index (χ1n) is 7.48. The second-order valence-corrected chi connectivity index (χ2v) is 7.05. The monoisotopic (exact) mass is 391 g/mol. The van der Waals surface area contributed by atoms with Gasteiger partial charge in [0.25, 0.3) is 0 Å². The zero-order valence-corrected chi connectivity index (χ0v) is 14.1. The lowest BCUT2D eigenvalue weighted by atomic mass is 9.96. The van der Waals surface area contributed by atoms with Crippen LogP contribution in [0.15, 0.2) is 12.1 Å². The van der Waals surface area contributed by atoms with E-state index in [1.165, 1.54) is 6.07 Å². The summed E-state index contributed by atoms with van der Waals surface area (Å²) < 4.78 is 53.1. The van der Waals surface area contributed by atoms with Gasteiger partial charge < -0.3 is 10.0 Å². The summed E-state index contributed by atoms with van der Waals surface area (Å²) in [6.07, 6.45) is -4.72. The molecule has 2 N–H and O–H groups in total. The maximum absolute atomic E-state index is 13.5. The minimum absolute atomic E-state index is 0.0948. The first kappa shape index (κ1) is 18.4. The van der Waals surface area contributed by atoms with E-state index in [4.69, 9.17) is 5.11 Å². The van der Waals surface area contributed by atoms with Crippen molar-refractivity contribution < 1.29 is 32.3 Å². The molecule has 2 heterocycles. The van der Waals surface area contributed by atoms with Crippen molar-refractivity contribution in [1.29, 1.82) is 0 Å². The molecule has 0 radical (unpaired) electrons. The van der Waals surface area contributed by atoms with E-state index in [0.29, 0.717) is 15.8 Å². The molecule has 0 spiro atoms. The molecule has 6 nitrogen and oxygen atoms in total. The third-order valence-electron chi connectivity index (χ3n) is 4.23. The quantitative estimate of drug-likeness (QED) is 0.768. The number of hydrogen-bond acceptors (Lipinski definition) is 4. The number of aliphatic carboxylic acids is 1. The van der Waals surface area contributed by atoms with Crippen molar-refractivity contribution in [3.63, 3.8) is 0 Å². The smallest absolute Gasteiger partial charge is 0.394 e. The SMILES string of the molecule is Cc1cc2sc(NC(=O)N3C[C@@H](C(F)(F)F)[C@H](C(=O)O)C3)nc2cc1F. The fourth-order valence-corrected chi connectivity index (χ4v) is 3.76. The van der Waals surface area contributed by atoms with Crippen molar-refractivity contribution in [2.24, 2.45) is 11.8 Å². The molecule has 0 unspecified atom stereocenters. The average Bonchev–Trinajstić information content (AvgIpc) is 3.11. The van der Waals surface area contributed by atoms with Crippen molar-refractivity contribution in [2.45, 2.75) is 13.1 Å². The second kappa shape index (κ2) is 6.38. The normalized spacial score (nSPS) is 20.6. The van der Waals surface area contributed by atoms with E-state index in [-0.39, 0.29) is 5.13 Å². The number of thiazole rings is 1. The topological polar surface area (TPSA) is 82.5 Å². The predicted molar refractivity (Wildman–Crippen MR) is 85.6 cm³/mol. The third-order valence-corrected chi connectivity index (χ3v) is 5.16. The summed E-state index contributed by atoms with van der Waals surface area (Å²) in [6, 6.07) is 1.88. The molecule has 1 aliphatic heterocycles. The Labute approximate surface area is 148 Å². The first-order chi connectivity index (χ1) is 12.1. The van der Waals surface area contributed by atoms with E-state index in [2.05, 4.69) is 10.3 Å². The number of carboxylic acids is 1. The van der Waals surface area contributed by atoms with Crippen LogP contribution in [0, 0.1) is 24.6 Å². The van der Waals surface area contributed by atoms with Gasteiger partial charge in [0.1, 0.15) is 5.82 Å². The number of fused-ring (bicyclic) bond motifs is 1. The third kappa shape index (κ3) is 3.43. The lowest BCUT2D eigenvalue weighted by molar-refractivity contribution is -0.187. The summed E-state index contributed by atoms with van der Waals surface area (Å²) in [5.74, 6) is -5.91. The lowest BCUT2D eigenvalue weighted by Crippen LogP contribution is -2.35. The Morgan fingerprint density at radius 3 is 2.62 bits per heavy atom. The van der Waals surface area contributed by atoms with Gasteiger partial charge in [-0.1, -0.05) is 11.3 Å². The number of carbonyl (C=O) groups is 2. The van der Waals surface area contributed by atoms with Crippen molar-refractivity contribution >= 4 is 38.7 Å². The number of rotatable bonds is 2. The highest BCUT2D eigenvalue weighted by Crippen LogP contribution is 2.38. The molecule has 26 heavy (non-hydrogen) atoms. The Morgan fingerprint density at radius 1 is 1.35 bits per heavy atom. The Hall–Kier alpha value is -2.43. The van der Waals surface area contributed by atoms with E-state index < -0.39 is 48.9 Å². The number of urea groups is 1. The van der Waals surface area contributed by atoms with Crippen LogP contribution in [-0.4, -0.2) is 46.3 Å². The molecular weight excluding hydrogens is 378 g/mol. The molecule has 1 aromatic heterocycles. The van der Waals surface area contributed by atoms with Gasteiger partial charge in [0.05, 0.1) is 22.1 Å². The number of aromatic nitrogens is 1. The van der Waals surface area contributed by atoms with Crippen molar-refractivity contribution in [1.82, 2.24) is 9.88 Å². The Kier molecular flexibility index (Phi) is 4.51. The maximum Gasteiger partial charge on any atom is 0.394 e. The van der Waals surface area contributed by atoms with Crippen LogP contribution in [-0.2, 0) is 4.79 Å². The van der Waals surface area contributed by atoms with E-state index in [0.717, 1.165) is 16.2 Å². The summed E-state index contributed by atoms with van der Waals surface area (Å²) in [5, 5.41) is 11.4. The number of likely N-dealkylation sites (tertiary alicyclic amines) is 1. The van der Waals surface area contributed by atoms with E-state index in [1.54, 1.807) is 13.0 Å². The van der Waals surface area contributed by atoms with Crippen molar-refractivity contribution in [3.05, 3.63) is 23.5 Å². The van der Waals surface area contributed by atoms with Crippen LogP contribution in [0.2, 0.25) is 0 Å². The predicted octanol–water partition coefficient (Wildman–Crippen LogP) is 3.47. The highest BCUT2D eigenvalue weighted by atomic mass is 32.1. The van der Waals surface area contributed by atoms with Gasteiger partial charge in [-0.3, -0.25) is 10.1 Å². The number of carboxylic acid groups (broad SMARTS) is 1. The molecule has 2 amide bonds. The number of nitrogens with one attached hydrogen (secondary N) is 1. The van der Waals surface area contributed by atoms with Crippen molar-refractivity contribution in [3.8, 4) is 0 Å². The minimum atomic E-state index is -4.72. The van der Waals surface area contributed by atoms with Gasteiger partial charge in [-0.25, -0.2) is 14.2 Å². The second-order valence-electron chi connectivity index (χ2n) is 6.02. The fraction of sp³-hybridized carbons (Fsp3) is 0.400. The Balaban J connectivity index is 1.77. The number of hydrogen-bond donors (Lipinski definition) is 2. The number of alkyl halides is 3. The molecule has 1 aromatic carbocycles. The highest BCUT2D eigenvalue weighted by molar-refractivity contribution is 7.22. The largest absolute Gasteiger partial charge is 0.481 e.